The van der Waals surface area contributed by atoms with Gasteiger partial charge in [0.1, 0.15) is 0 Å². The Labute approximate surface area is 127 Å². The first-order chi connectivity index (χ1) is 10.3. The van der Waals surface area contributed by atoms with Gasteiger partial charge in [0, 0.05) is 12.6 Å². The van der Waals surface area contributed by atoms with Crippen molar-refractivity contribution in [3.8, 4) is 0 Å². The largest absolute Gasteiger partial charge is 0.339 e. The number of amides is 1. The van der Waals surface area contributed by atoms with Crippen LogP contribution in [0, 0.1) is 0 Å². The van der Waals surface area contributed by atoms with E-state index in [4.69, 9.17) is 0 Å². The Morgan fingerprint density at radius 2 is 2.00 bits per heavy atom. The van der Waals surface area contributed by atoms with Crippen LogP contribution in [0.3, 0.4) is 0 Å². The van der Waals surface area contributed by atoms with Gasteiger partial charge in [0.05, 0.1) is 5.41 Å². The predicted octanol–water partition coefficient (Wildman–Crippen LogP) is 2.71. The average molecular weight is 286 g/mol. The number of rotatable bonds is 3. The summed E-state index contributed by atoms with van der Waals surface area (Å²) in [6, 6.07) is 10.9. The Kier molecular flexibility index (Phi) is 4.29. The zero-order chi connectivity index (χ0) is 14.7. The van der Waals surface area contributed by atoms with Gasteiger partial charge in [-0.25, -0.2) is 0 Å². The quantitative estimate of drug-likeness (QED) is 0.926. The molecule has 2 aliphatic heterocycles. The second kappa shape index (κ2) is 6.18. The summed E-state index contributed by atoms with van der Waals surface area (Å²) < 4.78 is 0. The zero-order valence-electron chi connectivity index (χ0n) is 13.0. The van der Waals surface area contributed by atoms with Crippen LogP contribution in [0.2, 0.25) is 0 Å². The number of carbonyl (C=O) groups excluding carboxylic acids is 1. The van der Waals surface area contributed by atoms with Gasteiger partial charge in [-0.05, 0) is 50.8 Å². The van der Waals surface area contributed by atoms with E-state index in [1.165, 1.54) is 12.0 Å². The molecule has 2 aliphatic rings. The fourth-order valence-electron chi connectivity index (χ4n) is 4.04. The van der Waals surface area contributed by atoms with Gasteiger partial charge in [-0.15, -0.1) is 0 Å². The maximum atomic E-state index is 13.4. The van der Waals surface area contributed by atoms with Crippen molar-refractivity contribution in [2.24, 2.45) is 0 Å². The SMILES string of the molecule is CCC1CCCN1C(=O)C1(c2ccccc2)CCNCC1. The van der Waals surface area contributed by atoms with Crippen LogP contribution in [-0.4, -0.2) is 36.5 Å². The molecule has 2 fully saturated rings. The van der Waals surface area contributed by atoms with Crippen molar-refractivity contribution >= 4 is 5.91 Å². The third-order valence-electron chi connectivity index (χ3n) is 5.30. The van der Waals surface area contributed by atoms with Crippen molar-refractivity contribution < 1.29 is 4.79 Å². The molecule has 3 heteroatoms. The summed E-state index contributed by atoms with van der Waals surface area (Å²) in [6.45, 7) is 5.02. The summed E-state index contributed by atoms with van der Waals surface area (Å²) in [6.07, 6.45) is 5.25. The number of piperidine rings is 1. The van der Waals surface area contributed by atoms with Crippen LogP contribution in [0.25, 0.3) is 0 Å². The molecule has 1 aromatic rings. The fraction of sp³-hybridized carbons (Fsp3) is 0.611. The first kappa shape index (κ1) is 14.6. The number of nitrogens with one attached hydrogen (secondary N) is 1. The first-order valence-electron chi connectivity index (χ1n) is 8.35. The van der Waals surface area contributed by atoms with Gasteiger partial charge in [-0.1, -0.05) is 37.3 Å². The third-order valence-corrected chi connectivity index (χ3v) is 5.30. The predicted molar refractivity (Wildman–Crippen MR) is 85.2 cm³/mol. The highest BCUT2D eigenvalue weighted by molar-refractivity contribution is 5.89. The summed E-state index contributed by atoms with van der Waals surface area (Å²) in [4.78, 5) is 15.6. The van der Waals surface area contributed by atoms with Crippen molar-refractivity contribution in [1.82, 2.24) is 10.2 Å². The first-order valence-corrected chi connectivity index (χ1v) is 8.35. The maximum absolute atomic E-state index is 13.4. The number of carbonyl (C=O) groups is 1. The van der Waals surface area contributed by atoms with Crippen LogP contribution in [-0.2, 0) is 10.2 Å². The van der Waals surface area contributed by atoms with E-state index in [-0.39, 0.29) is 5.41 Å². The Morgan fingerprint density at radius 3 is 2.67 bits per heavy atom. The van der Waals surface area contributed by atoms with Crippen LogP contribution in [0.15, 0.2) is 30.3 Å². The standard InChI is InChI=1S/C18H26N2O/c1-2-16-9-6-14-20(16)17(21)18(10-12-19-13-11-18)15-7-4-3-5-8-15/h3-5,7-8,16,19H,2,6,9-14H2,1H3. The van der Waals surface area contributed by atoms with Crippen LogP contribution < -0.4 is 5.32 Å². The number of benzene rings is 1. The van der Waals surface area contributed by atoms with E-state index in [0.717, 1.165) is 45.3 Å². The lowest BCUT2D eigenvalue weighted by molar-refractivity contribution is -0.139. The van der Waals surface area contributed by atoms with Gasteiger partial charge in [-0.3, -0.25) is 4.79 Å². The lowest BCUT2D eigenvalue weighted by Gasteiger charge is -2.41. The molecule has 0 saturated carbocycles. The molecule has 114 valence electrons. The number of hydrogen-bond acceptors (Lipinski definition) is 2. The number of hydrogen-bond donors (Lipinski definition) is 1. The van der Waals surface area contributed by atoms with Crippen molar-refractivity contribution in [3.05, 3.63) is 35.9 Å². The molecular formula is C18H26N2O. The zero-order valence-corrected chi connectivity index (χ0v) is 13.0. The summed E-state index contributed by atoms with van der Waals surface area (Å²) in [5, 5.41) is 3.41. The molecule has 21 heavy (non-hydrogen) atoms. The van der Waals surface area contributed by atoms with Crippen molar-refractivity contribution in [2.75, 3.05) is 19.6 Å². The van der Waals surface area contributed by atoms with Crippen LogP contribution >= 0.6 is 0 Å². The summed E-state index contributed by atoms with van der Waals surface area (Å²) in [5.41, 5.74) is 0.905. The summed E-state index contributed by atoms with van der Waals surface area (Å²) in [5.74, 6) is 0.375. The average Bonchev–Trinajstić information content (AvgIpc) is 3.04. The number of likely N-dealkylation sites (tertiary alicyclic amines) is 1. The monoisotopic (exact) mass is 286 g/mol. The Morgan fingerprint density at radius 1 is 1.29 bits per heavy atom. The molecule has 0 radical (unpaired) electrons. The molecule has 3 nitrogen and oxygen atoms in total. The molecule has 0 aliphatic carbocycles. The van der Waals surface area contributed by atoms with Crippen LogP contribution in [0.1, 0.15) is 44.6 Å². The molecule has 2 heterocycles. The topological polar surface area (TPSA) is 32.3 Å². The molecule has 3 rings (SSSR count). The van der Waals surface area contributed by atoms with E-state index >= 15 is 0 Å². The highest BCUT2D eigenvalue weighted by Gasteiger charge is 2.45. The maximum Gasteiger partial charge on any atom is 0.233 e. The molecule has 0 spiro atoms. The lowest BCUT2D eigenvalue weighted by Crippen LogP contribution is -2.53. The van der Waals surface area contributed by atoms with E-state index < -0.39 is 0 Å². The second-order valence-electron chi connectivity index (χ2n) is 6.40. The van der Waals surface area contributed by atoms with Gasteiger partial charge in [-0.2, -0.15) is 0 Å². The molecule has 0 bridgehead atoms. The van der Waals surface area contributed by atoms with Gasteiger partial charge in [0.25, 0.3) is 0 Å². The molecule has 1 N–H and O–H groups in total. The van der Waals surface area contributed by atoms with Gasteiger partial charge < -0.3 is 10.2 Å². The smallest absolute Gasteiger partial charge is 0.233 e. The fourth-order valence-corrected chi connectivity index (χ4v) is 4.04. The Hall–Kier alpha value is -1.35. The second-order valence-corrected chi connectivity index (χ2v) is 6.40. The van der Waals surface area contributed by atoms with Gasteiger partial charge >= 0.3 is 0 Å². The van der Waals surface area contributed by atoms with Crippen LogP contribution in [0.5, 0.6) is 0 Å². The minimum atomic E-state index is -0.301. The van der Waals surface area contributed by atoms with E-state index in [2.05, 4.69) is 41.4 Å². The van der Waals surface area contributed by atoms with Gasteiger partial charge in [0.15, 0.2) is 0 Å². The summed E-state index contributed by atoms with van der Waals surface area (Å²) in [7, 11) is 0. The third kappa shape index (κ3) is 2.59. The van der Waals surface area contributed by atoms with Crippen LogP contribution in [0.4, 0.5) is 0 Å². The minimum absolute atomic E-state index is 0.301. The molecule has 1 amide bonds. The highest BCUT2D eigenvalue weighted by atomic mass is 16.2. The van der Waals surface area contributed by atoms with E-state index in [1.54, 1.807) is 0 Å². The van der Waals surface area contributed by atoms with E-state index in [1.807, 2.05) is 6.07 Å². The minimum Gasteiger partial charge on any atom is -0.339 e. The molecule has 1 aromatic carbocycles. The molecule has 1 atom stereocenters. The van der Waals surface area contributed by atoms with Crippen molar-refractivity contribution in [2.45, 2.75) is 50.5 Å². The highest BCUT2D eigenvalue weighted by Crippen LogP contribution is 2.37. The summed E-state index contributed by atoms with van der Waals surface area (Å²) >= 11 is 0. The van der Waals surface area contributed by atoms with Gasteiger partial charge in [0.2, 0.25) is 5.91 Å². The molecule has 0 aromatic heterocycles. The molecule has 2 saturated heterocycles. The van der Waals surface area contributed by atoms with E-state index in [9.17, 15) is 4.79 Å². The molecule has 1 unspecified atom stereocenters. The number of nitrogens with zero attached hydrogens (tertiary/aromatic N) is 1. The normalized spacial score (nSPS) is 25.0. The molecular weight excluding hydrogens is 260 g/mol. The Bertz CT molecular complexity index is 479. The van der Waals surface area contributed by atoms with E-state index in [0.29, 0.717) is 11.9 Å². The van der Waals surface area contributed by atoms with Crippen molar-refractivity contribution in [1.29, 1.82) is 0 Å². The van der Waals surface area contributed by atoms with Crippen molar-refractivity contribution in [3.63, 3.8) is 0 Å². The lowest BCUT2D eigenvalue weighted by atomic mass is 9.72. The Balaban J connectivity index is 1.94.